The van der Waals surface area contributed by atoms with Crippen molar-refractivity contribution in [2.45, 2.75) is 12.8 Å². The van der Waals surface area contributed by atoms with E-state index >= 15 is 0 Å². The fourth-order valence-corrected chi connectivity index (χ4v) is 1.55. The molecule has 6 heteroatoms. The van der Waals surface area contributed by atoms with Crippen LogP contribution < -0.4 is 5.73 Å². The van der Waals surface area contributed by atoms with E-state index in [1.54, 1.807) is 0 Å². The van der Waals surface area contributed by atoms with E-state index in [-0.39, 0.29) is 0 Å². The molecule has 16 heavy (non-hydrogen) atoms. The van der Waals surface area contributed by atoms with Gasteiger partial charge in [-0.1, -0.05) is 15.9 Å². The van der Waals surface area contributed by atoms with Crippen molar-refractivity contribution < 1.29 is 0 Å². The molecule has 0 fully saturated rings. The van der Waals surface area contributed by atoms with Crippen molar-refractivity contribution in [1.29, 1.82) is 0 Å². The van der Waals surface area contributed by atoms with Crippen molar-refractivity contribution in [1.82, 2.24) is 20.2 Å². The number of hydrogen-bond acceptors (Lipinski definition) is 4. The van der Waals surface area contributed by atoms with Crippen LogP contribution in [0.4, 0.5) is 0 Å². The molecule has 1 aromatic carbocycles. The summed E-state index contributed by atoms with van der Waals surface area (Å²) < 4.78 is 1.03. The van der Waals surface area contributed by atoms with Crippen LogP contribution in [0.1, 0.15) is 12.2 Å². The summed E-state index contributed by atoms with van der Waals surface area (Å²) in [4.78, 5) is 1.53. The summed E-state index contributed by atoms with van der Waals surface area (Å²) in [7, 11) is 0. The first kappa shape index (κ1) is 11.2. The van der Waals surface area contributed by atoms with Gasteiger partial charge in [-0.3, -0.25) is 0 Å². The van der Waals surface area contributed by atoms with Gasteiger partial charge in [0.05, 0.1) is 5.69 Å². The second-order valence-corrected chi connectivity index (χ2v) is 4.28. The summed E-state index contributed by atoms with van der Waals surface area (Å²) in [6.45, 7) is 0.646. The van der Waals surface area contributed by atoms with E-state index < -0.39 is 0 Å². The number of aryl methyl sites for hydroxylation is 1. The molecule has 2 aromatic rings. The second kappa shape index (κ2) is 5.18. The van der Waals surface area contributed by atoms with Crippen LogP contribution in [0.3, 0.4) is 0 Å². The SMILES string of the molecule is NCCCc1nnn(-c2ccc(Br)cc2)n1. The van der Waals surface area contributed by atoms with Gasteiger partial charge in [-0.15, -0.1) is 15.0 Å². The summed E-state index contributed by atoms with van der Waals surface area (Å²) in [5, 5.41) is 12.2. The molecule has 5 nitrogen and oxygen atoms in total. The zero-order valence-electron chi connectivity index (χ0n) is 8.67. The highest BCUT2D eigenvalue weighted by Crippen LogP contribution is 2.12. The van der Waals surface area contributed by atoms with Crippen molar-refractivity contribution in [2.24, 2.45) is 5.73 Å². The molecule has 0 saturated heterocycles. The third-order valence-corrected chi connectivity index (χ3v) is 2.65. The monoisotopic (exact) mass is 281 g/mol. The molecule has 0 unspecified atom stereocenters. The van der Waals surface area contributed by atoms with Crippen LogP contribution >= 0.6 is 15.9 Å². The highest BCUT2D eigenvalue weighted by atomic mass is 79.9. The minimum absolute atomic E-state index is 0.646. The van der Waals surface area contributed by atoms with Crippen molar-refractivity contribution in [2.75, 3.05) is 6.54 Å². The highest BCUT2D eigenvalue weighted by molar-refractivity contribution is 9.10. The van der Waals surface area contributed by atoms with Crippen LogP contribution in [0, 0.1) is 0 Å². The molecular weight excluding hydrogens is 270 g/mol. The Morgan fingerprint density at radius 1 is 1.25 bits per heavy atom. The summed E-state index contributed by atoms with van der Waals surface area (Å²) in [6.07, 6.45) is 1.65. The predicted molar refractivity (Wildman–Crippen MR) is 64.2 cm³/mol. The lowest BCUT2D eigenvalue weighted by molar-refractivity contribution is 0.714. The Hall–Kier alpha value is -1.27. The zero-order valence-corrected chi connectivity index (χ0v) is 10.3. The first-order valence-electron chi connectivity index (χ1n) is 5.04. The van der Waals surface area contributed by atoms with Gasteiger partial charge < -0.3 is 5.73 Å². The van der Waals surface area contributed by atoms with Gasteiger partial charge in [0.1, 0.15) is 0 Å². The number of nitrogens with two attached hydrogens (primary N) is 1. The van der Waals surface area contributed by atoms with Crippen LogP contribution in [0.15, 0.2) is 28.7 Å². The van der Waals surface area contributed by atoms with Gasteiger partial charge in [0.15, 0.2) is 5.82 Å². The molecule has 0 amide bonds. The first-order chi connectivity index (χ1) is 7.79. The van der Waals surface area contributed by atoms with Crippen LogP contribution in [0.25, 0.3) is 5.69 Å². The van der Waals surface area contributed by atoms with E-state index in [1.807, 2.05) is 24.3 Å². The first-order valence-corrected chi connectivity index (χ1v) is 5.84. The zero-order chi connectivity index (χ0) is 11.4. The van der Waals surface area contributed by atoms with Crippen LogP contribution in [0.5, 0.6) is 0 Å². The molecule has 1 heterocycles. The quantitative estimate of drug-likeness (QED) is 0.918. The number of tetrazole rings is 1. The number of benzene rings is 1. The molecule has 2 rings (SSSR count). The Kier molecular flexibility index (Phi) is 3.63. The molecule has 0 radical (unpaired) electrons. The molecule has 1 aromatic heterocycles. The van der Waals surface area contributed by atoms with Gasteiger partial charge in [0.2, 0.25) is 0 Å². The fourth-order valence-electron chi connectivity index (χ4n) is 1.29. The van der Waals surface area contributed by atoms with E-state index in [2.05, 4.69) is 31.3 Å². The molecule has 84 valence electrons. The van der Waals surface area contributed by atoms with Crippen LogP contribution in [0.2, 0.25) is 0 Å². The maximum atomic E-state index is 5.42. The largest absolute Gasteiger partial charge is 0.330 e. The van der Waals surface area contributed by atoms with E-state index in [4.69, 9.17) is 5.73 Å². The lowest BCUT2D eigenvalue weighted by atomic mass is 10.3. The number of hydrogen-bond donors (Lipinski definition) is 1. The molecule has 0 bridgehead atoms. The van der Waals surface area contributed by atoms with E-state index in [0.717, 1.165) is 28.8 Å². The summed E-state index contributed by atoms with van der Waals surface area (Å²) in [5.74, 6) is 0.730. The van der Waals surface area contributed by atoms with Crippen molar-refractivity contribution in [3.8, 4) is 5.69 Å². The number of aromatic nitrogens is 4. The maximum absolute atomic E-state index is 5.42. The van der Waals surface area contributed by atoms with Crippen LogP contribution in [-0.2, 0) is 6.42 Å². The maximum Gasteiger partial charge on any atom is 0.175 e. The number of halogens is 1. The minimum Gasteiger partial charge on any atom is -0.330 e. The average molecular weight is 282 g/mol. The predicted octanol–water partition coefficient (Wildman–Crippen LogP) is 1.32. The molecule has 0 aliphatic heterocycles. The van der Waals surface area contributed by atoms with E-state index in [1.165, 1.54) is 4.80 Å². The smallest absolute Gasteiger partial charge is 0.175 e. The third-order valence-electron chi connectivity index (χ3n) is 2.12. The fraction of sp³-hybridized carbons (Fsp3) is 0.300. The van der Waals surface area contributed by atoms with Crippen LogP contribution in [-0.4, -0.2) is 26.8 Å². The highest BCUT2D eigenvalue weighted by Gasteiger charge is 2.03. The lowest BCUT2D eigenvalue weighted by Crippen LogP contribution is -2.02. The van der Waals surface area contributed by atoms with Gasteiger partial charge in [0, 0.05) is 10.9 Å². The summed E-state index contributed by atoms with van der Waals surface area (Å²) in [6, 6.07) is 7.74. The Morgan fingerprint density at radius 2 is 2.00 bits per heavy atom. The Morgan fingerprint density at radius 3 is 2.69 bits per heavy atom. The van der Waals surface area contributed by atoms with E-state index in [0.29, 0.717) is 6.54 Å². The van der Waals surface area contributed by atoms with Gasteiger partial charge in [-0.2, -0.15) is 0 Å². The summed E-state index contributed by atoms with van der Waals surface area (Å²) >= 11 is 3.38. The molecule has 0 atom stereocenters. The van der Waals surface area contributed by atoms with Crippen molar-refractivity contribution in [3.05, 3.63) is 34.6 Å². The second-order valence-electron chi connectivity index (χ2n) is 3.36. The normalized spacial score (nSPS) is 10.6. The summed E-state index contributed by atoms with van der Waals surface area (Å²) in [5.41, 5.74) is 6.32. The Labute approximate surface area is 102 Å². The number of nitrogens with zero attached hydrogens (tertiary/aromatic N) is 4. The minimum atomic E-state index is 0.646. The number of rotatable bonds is 4. The Balaban J connectivity index is 2.15. The van der Waals surface area contributed by atoms with Crippen molar-refractivity contribution >= 4 is 15.9 Å². The Bertz CT molecular complexity index is 450. The molecule has 0 saturated carbocycles. The van der Waals surface area contributed by atoms with Crippen molar-refractivity contribution in [3.63, 3.8) is 0 Å². The van der Waals surface area contributed by atoms with Gasteiger partial charge >= 0.3 is 0 Å². The van der Waals surface area contributed by atoms with E-state index in [9.17, 15) is 0 Å². The molecule has 0 spiro atoms. The van der Waals surface area contributed by atoms with Gasteiger partial charge in [-0.05, 0) is 42.4 Å². The molecular formula is C10H12BrN5. The molecule has 0 aliphatic rings. The lowest BCUT2D eigenvalue weighted by Gasteiger charge is -1.97. The van der Waals surface area contributed by atoms with Gasteiger partial charge in [-0.25, -0.2) is 0 Å². The standard InChI is InChI=1S/C10H12BrN5/c11-8-3-5-9(6-4-8)16-14-10(13-15-16)2-1-7-12/h3-6H,1-2,7,12H2. The average Bonchev–Trinajstić information content (AvgIpc) is 2.76. The topological polar surface area (TPSA) is 69.6 Å². The molecule has 0 aliphatic carbocycles. The van der Waals surface area contributed by atoms with Gasteiger partial charge in [0.25, 0.3) is 0 Å². The third kappa shape index (κ3) is 2.65. The molecule has 2 N–H and O–H groups in total.